The van der Waals surface area contributed by atoms with Crippen LogP contribution in [0.1, 0.15) is 17.5 Å². The number of aliphatic hydroxyl groups excluding tert-OH is 1. The maximum absolute atomic E-state index is 12.1. The lowest BCUT2D eigenvalue weighted by Crippen LogP contribution is -2.41. The Kier molecular flexibility index (Phi) is 5.25. The Morgan fingerprint density at radius 3 is 2.86 bits per heavy atom. The van der Waals surface area contributed by atoms with Crippen molar-refractivity contribution in [2.75, 3.05) is 12.3 Å². The van der Waals surface area contributed by atoms with Crippen LogP contribution in [-0.4, -0.2) is 51.4 Å². The van der Waals surface area contributed by atoms with Gasteiger partial charge < -0.3 is 15.1 Å². The summed E-state index contributed by atoms with van der Waals surface area (Å²) in [5.41, 5.74) is 2.32. The molecule has 0 radical (unpaired) electrons. The standard InChI is InChI=1S/C15H19NO4S/c1-10-3-2-4-11(5-10)8-21-9-14(18)16-7-12(17)6-13(16)15(19)20/h2-5,12-13,17H,6-9H2,1H3,(H,19,20)/t12-,13-/m1/s1. The lowest BCUT2D eigenvalue weighted by molar-refractivity contribution is -0.147. The summed E-state index contributed by atoms with van der Waals surface area (Å²) < 4.78 is 0. The Bertz CT molecular complexity index is 534. The molecule has 1 fully saturated rings. The van der Waals surface area contributed by atoms with Crippen molar-refractivity contribution in [3.8, 4) is 0 Å². The van der Waals surface area contributed by atoms with Crippen LogP contribution in [0.3, 0.4) is 0 Å². The van der Waals surface area contributed by atoms with Gasteiger partial charge in [-0.3, -0.25) is 4.79 Å². The van der Waals surface area contributed by atoms with Gasteiger partial charge in [0.25, 0.3) is 0 Å². The number of rotatable bonds is 5. The zero-order valence-corrected chi connectivity index (χ0v) is 12.7. The Morgan fingerprint density at radius 1 is 1.43 bits per heavy atom. The van der Waals surface area contributed by atoms with E-state index in [9.17, 15) is 14.7 Å². The molecular formula is C15H19NO4S. The second-order valence-electron chi connectivity index (χ2n) is 5.27. The van der Waals surface area contributed by atoms with E-state index in [4.69, 9.17) is 5.11 Å². The van der Waals surface area contributed by atoms with Gasteiger partial charge in [-0.25, -0.2) is 4.79 Å². The third kappa shape index (κ3) is 4.22. The molecule has 21 heavy (non-hydrogen) atoms. The van der Waals surface area contributed by atoms with E-state index in [1.807, 2.05) is 25.1 Å². The second-order valence-corrected chi connectivity index (χ2v) is 6.26. The Labute approximate surface area is 128 Å². The average molecular weight is 309 g/mol. The molecule has 1 heterocycles. The molecule has 1 amide bonds. The molecule has 0 spiro atoms. The van der Waals surface area contributed by atoms with Crippen LogP contribution in [-0.2, 0) is 15.3 Å². The smallest absolute Gasteiger partial charge is 0.326 e. The topological polar surface area (TPSA) is 77.8 Å². The van der Waals surface area contributed by atoms with Gasteiger partial charge >= 0.3 is 5.97 Å². The minimum absolute atomic E-state index is 0.112. The predicted molar refractivity (Wildman–Crippen MR) is 81.1 cm³/mol. The summed E-state index contributed by atoms with van der Waals surface area (Å²) >= 11 is 1.46. The maximum atomic E-state index is 12.1. The van der Waals surface area contributed by atoms with Gasteiger partial charge in [-0.15, -0.1) is 11.8 Å². The molecule has 114 valence electrons. The quantitative estimate of drug-likeness (QED) is 0.856. The van der Waals surface area contributed by atoms with E-state index < -0.39 is 18.1 Å². The van der Waals surface area contributed by atoms with Crippen LogP contribution in [0.5, 0.6) is 0 Å². The van der Waals surface area contributed by atoms with Crippen LogP contribution in [0.4, 0.5) is 0 Å². The number of aliphatic hydroxyl groups is 1. The fraction of sp³-hybridized carbons (Fsp3) is 0.467. The zero-order chi connectivity index (χ0) is 15.4. The molecule has 2 atom stereocenters. The number of carbonyl (C=O) groups is 2. The molecule has 6 heteroatoms. The van der Waals surface area contributed by atoms with Crippen molar-refractivity contribution in [1.29, 1.82) is 0 Å². The number of amides is 1. The number of likely N-dealkylation sites (tertiary alicyclic amines) is 1. The summed E-state index contributed by atoms with van der Waals surface area (Å²) in [5.74, 6) is -0.341. The van der Waals surface area contributed by atoms with Gasteiger partial charge in [0.05, 0.1) is 11.9 Å². The summed E-state index contributed by atoms with van der Waals surface area (Å²) in [4.78, 5) is 24.5. The van der Waals surface area contributed by atoms with Crippen molar-refractivity contribution >= 4 is 23.6 Å². The van der Waals surface area contributed by atoms with Crippen LogP contribution in [0.25, 0.3) is 0 Å². The van der Waals surface area contributed by atoms with Crippen molar-refractivity contribution < 1.29 is 19.8 Å². The van der Waals surface area contributed by atoms with E-state index in [-0.39, 0.29) is 24.6 Å². The normalized spacial score (nSPS) is 21.5. The number of thioether (sulfide) groups is 1. The Hall–Kier alpha value is -1.53. The summed E-state index contributed by atoms with van der Waals surface area (Å²) in [6, 6.07) is 7.17. The third-order valence-electron chi connectivity index (χ3n) is 3.46. The van der Waals surface area contributed by atoms with Crippen molar-refractivity contribution in [2.24, 2.45) is 0 Å². The number of hydrogen-bond acceptors (Lipinski definition) is 4. The molecule has 0 unspecified atom stereocenters. The highest BCUT2D eigenvalue weighted by Crippen LogP contribution is 2.21. The first-order valence-electron chi connectivity index (χ1n) is 6.81. The number of aryl methyl sites for hydroxylation is 1. The molecule has 0 aliphatic carbocycles. The minimum Gasteiger partial charge on any atom is -0.480 e. The van der Waals surface area contributed by atoms with E-state index in [0.717, 1.165) is 5.56 Å². The van der Waals surface area contributed by atoms with Crippen LogP contribution in [0, 0.1) is 6.92 Å². The Balaban J connectivity index is 1.85. The molecule has 2 rings (SSSR count). The molecule has 1 aromatic carbocycles. The number of carboxylic acids is 1. The van der Waals surface area contributed by atoms with Crippen LogP contribution >= 0.6 is 11.8 Å². The summed E-state index contributed by atoms with van der Waals surface area (Å²) in [6.45, 7) is 2.13. The van der Waals surface area contributed by atoms with E-state index in [1.165, 1.54) is 22.2 Å². The molecule has 1 aliphatic rings. The van der Waals surface area contributed by atoms with Gasteiger partial charge in [-0.2, -0.15) is 0 Å². The number of carbonyl (C=O) groups excluding carboxylic acids is 1. The molecule has 1 saturated heterocycles. The van der Waals surface area contributed by atoms with Crippen molar-refractivity contribution in [3.63, 3.8) is 0 Å². The molecule has 1 aliphatic heterocycles. The van der Waals surface area contributed by atoms with E-state index >= 15 is 0 Å². The molecule has 0 aromatic heterocycles. The number of hydrogen-bond donors (Lipinski definition) is 2. The van der Waals surface area contributed by atoms with Gasteiger partial charge in [0.2, 0.25) is 5.91 Å². The molecule has 1 aromatic rings. The largest absolute Gasteiger partial charge is 0.480 e. The minimum atomic E-state index is -1.05. The van der Waals surface area contributed by atoms with Crippen LogP contribution in [0.2, 0.25) is 0 Å². The highest BCUT2D eigenvalue weighted by atomic mass is 32.2. The molecule has 0 bridgehead atoms. The highest BCUT2D eigenvalue weighted by molar-refractivity contribution is 7.99. The first kappa shape index (κ1) is 15.9. The van der Waals surface area contributed by atoms with Crippen molar-refractivity contribution in [3.05, 3.63) is 35.4 Å². The lowest BCUT2D eigenvalue weighted by atomic mass is 10.2. The van der Waals surface area contributed by atoms with E-state index in [0.29, 0.717) is 5.75 Å². The molecule has 0 saturated carbocycles. The number of carboxylic acid groups (broad SMARTS) is 1. The van der Waals surface area contributed by atoms with Gasteiger partial charge in [-0.05, 0) is 12.5 Å². The first-order chi connectivity index (χ1) is 9.97. The van der Waals surface area contributed by atoms with Crippen LogP contribution in [0.15, 0.2) is 24.3 Å². The Morgan fingerprint density at radius 2 is 2.19 bits per heavy atom. The predicted octanol–water partition coefficient (Wildman–Crippen LogP) is 1.27. The number of benzene rings is 1. The first-order valence-corrected chi connectivity index (χ1v) is 7.96. The summed E-state index contributed by atoms with van der Waals surface area (Å²) in [6.07, 6.45) is -0.624. The third-order valence-corrected chi connectivity index (χ3v) is 4.45. The van der Waals surface area contributed by atoms with E-state index in [1.54, 1.807) is 0 Å². The second kappa shape index (κ2) is 6.95. The fourth-order valence-electron chi connectivity index (χ4n) is 2.46. The van der Waals surface area contributed by atoms with Gasteiger partial charge in [-0.1, -0.05) is 29.8 Å². The highest BCUT2D eigenvalue weighted by Gasteiger charge is 2.38. The SMILES string of the molecule is Cc1cccc(CSCC(=O)N2C[C@H](O)C[C@@H]2C(=O)O)c1. The van der Waals surface area contributed by atoms with Crippen molar-refractivity contribution in [2.45, 2.75) is 31.2 Å². The number of nitrogens with zero attached hydrogens (tertiary/aromatic N) is 1. The van der Waals surface area contributed by atoms with Crippen molar-refractivity contribution in [1.82, 2.24) is 4.90 Å². The van der Waals surface area contributed by atoms with E-state index in [2.05, 4.69) is 6.07 Å². The molecule has 5 nitrogen and oxygen atoms in total. The molecule has 2 N–H and O–H groups in total. The average Bonchev–Trinajstić information content (AvgIpc) is 2.81. The summed E-state index contributed by atoms with van der Waals surface area (Å²) in [7, 11) is 0. The number of aliphatic carboxylic acids is 1. The monoisotopic (exact) mass is 309 g/mol. The molecular weight excluding hydrogens is 290 g/mol. The van der Waals surface area contributed by atoms with Gasteiger partial charge in [0, 0.05) is 18.7 Å². The van der Waals surface area contributed by atoms with Crippen LogP contribution < -0.4 is 0 Å². The maximum Gasteiger partial charge on any atom is 0.326 e. The van der Waals surface area contributed by atoms with Gasteiger partial charge in [0.15, 0.2) is 0 Å². The fourth-order valence-corrected chi connectivity index (χ4v) is 3.32. The van der Waals surface area contributed by atoms with Gasteiger partial charge in [0.1, 0.15) is 6.04 Å². The zero-order valence-electron chi connectivity index (χ0n) is 11.9. The number of β-amino-alcohol motifs (C(OH)–C–C–N with tert-alkyl or cyclic N) is 1. The lowest BCUT2D eigenvalue weighted by Gasteiger charge is -2.20. The summed E-state index contributed by atoms with van der Waals surface area (Å²) in [5, 5.41) is 18.6.